The predicted octanol–water partition coefficient (Wildman–Crippen LogP) is -1.16. The number of nitrogen functional groups attached to an aromatic ring is 2. The molecule has 19 nitrogen and oxygen atoms in total. The molecule has 0 radical (unpaired) electrons. The van der Waals surface area contributed by atoms with Crippen molar-refractivity contribution in [3.05, 3.63) is 25.3 Å². The SMILES string of the molecule is C[PH]1(O)OC[C@H]2O[C@@H](n3cnc4c(N)ncnc43)[C@H](OS(=O)OC[C@H]3O[C@@H](n4cnc5c(N)ncnc54)[C@H](O)[C@@H]3O1)[C@H]2F. The van der Waals surface area contributed by atoms with E-state index < -0.39 is 81.7 Å². The van der Waals surface area contributed by atoms with E-state index in [1.54, 1.807) is 0 Å². The Morgan fingerprint density at radius 2 is 1.53 bits per heavy atom. The number of anilines is 2. The molecule has 3 aliphatic heterocycles. The van der Waals surface area contributed by atoms with E-state index in [1.165, 1.54) is 41.1 Å². The molecule has 0 spiro atoms. The molecule has 232 valence electrons. The number of ether oxygens (including phenoxy) is 2. The van der Waals surface area contributed by atoms with Crippen LogP contribution in [0, 0.1) is 0 Å². The summed E-state index contributed by atoms with van der Waals surface area (Å²) in [6.07, 6.45) is -5.71. The van der Waals surface area contributed by atoms with Crippen LogP contribution >= 0.6 is 7.94 Å². The Balaban J connectivity index is 1.17. The van der Waals surface area contributed by atoms with E-state index in [0.717, 1.165) is 0 Å². The van der Waals surface area contributed by atoms with Crippen LogP contribution in [0.1, 0.15) is 12.5 Å². The maximum absolute atomic E-state index is 15.7. The molecule has 0 aromatic carbocycles. The van der Waals surface area contributed by atoms with Gasteiger partial charge in [0.15, 0.2) is 0 Å². The first-order valence-electron chi connectivity index (χ1n) is 12.9. The van der Waals surface area contributed by atoms with E-state index in [2.05, 4.69) is 29.9 Å². The molecule has 3 saturated heterocycles. The summed E-state index contributed by atoms with van der Waals surface area (Å²) in [5, 5.41) is 11.2. The van der Waals surface area contributed by atoms with Gasteiger partial charge in [-0.15, -0.1) is 0 Å². The van der Waals surface area contributed by atoms with Crippen molar-refractivity contribution < 1.29 is 45.5 Å². The molecule has 0 saturated carbocycles. The van der Waals surface area contributed by atoms with Crippen LogP contribution in [-0.4, -0.2) is 110 Å². The topological polar surface area (TPSA) is 252 Å². The van der Waals surface area contributed by atoms with Gasteiger partial charge < -0.3 is 0 Å². The Hall–Kier alpha value is -3.11. The number of halogens is 1. The molecule has 6 N–H and O–H groups in total. The fraction of sp³-hybridized carbons (Fsp3) is 0.524. The van der Waals surface area contributed by atoms with Crippen LogP contribution in [-0.2, 0) is 38.2 Å². The van der Waals surface area contributed by atoms with Gasteiger partial charge in [0.05, 0.1) is 0 Å². The first-order valence-corrected chi connectivity index (χ1v) is 16.1. The van der Waals surface area contributed by atoms with Gasteiger partial charge in [0, 0.05) is 0 Å². The first kappa shape index (κ1) is 28.6. The van der Waals surface area contributed by atoms with Gasteiger partial charge >= 0.3 is 244 Å². The molecule has 3 fully saturated rings. The number of alkyl halides is 1. The zero-order valence-corrected chi connectivity index (χ0v) is 23.9. The Morgan fingerprint density at radius 1 is 0.930 bits per heavy atom. The molecule has 9 atom stereocenters. The van der Waals surface area contributed by atoms with E-state index in [-0.39, 0.29) is 34.0 Å². The fourth-order valence-corrected chi connectivity index (χ4v) is 7.28. The molecule has 43 heavy (non-hydrogen) atoms. The number of nitrogens with two attached hydrogens (primary N) is 2. The Bertz CT molecular complexity index is 1700. The first-order chi connectivity index (χ1) is 20.6. The van der Waals surface area contributed by atoms with Crippen molar-refractivity contribution in [3.8, 4) is 0 Å². The molecule has 4 aromatic rings. The van der Waals surface area contributed by atoms with Crippen molar-refractivity contribution in [3.63, 3.8) is 0 Å². The van der Waals surface area contributed by atoms with E-state index in [0.29, 0.717) is 0 Å². The van der Waals surface area contributed by atoms with Crippen LogP contribution in [0.15, 0.2) is 25.3 Å². The van der Waals surface area contributed by atoms with Gasteiger partial charge in [-0.2, -0.15) is 0 Å². The minimum atomic E-state index is -4.10. The van der Waals surface area contributed by atoms with Crippen molar-refractivity contribution in [2.45, 2.75) is 49.1 Å². The van der Waals surface area contributed by atoms with Gasteiger partial charge in [-0.1, -0.05) is 0 Å². The number of nitrogens with zero attached hydrogens (tertiary/aromatic N) is 8. The molecular formula is C21H26FN10O9PS. The van der Waals surface area contributed by atoms with Crippen molar-refractivity contribution in [1.29, 1.82) is 0 Å². The molecule has 3 aliphatic rings. The summed E-state index contributed by atoms with van der Waals surface area (Å²) in [5.41, 5.74) is 12.8. The van der Waals surface area contributed by atoms with Crippen molar-refractivity contribution >= 4 is 53.3 Å². The van der Waals surface area contributed by atoms with E-state index in [1.807, 2.05) is 0 Å². The maximum atomic E-state index is 15.7. The van der Waals surface area contributed by atoms with Crippen LogP contribution in [0.2, 0.25) is 0 Å². The number of rotatable bonds is 2. The summed E-state index contributed by atoms with van der Waals surface area (Å²) in [5.74, 6) is 0.214. The third-order valence-electron chi connectivity index (χ3n) is 7.28. The van der Waals surface area contributed by atoms with Gasteiger partial charge in [-0.25, -0.2) is 0 Å². The molecule has 22 heteroatoms. The normalized spacial score (nSPS) is 35.7. The second-order valence-electron chi connectivity index (χ2n) is 10.1. The molecule has 1 unspecified atom stereocenters. The number of hydrogen-bond acceptors (Lipinski definition) is 17. The van der Waals surface area contributed by atoms with Gasteiger partial charge in [0.1, 0.15) is 0 Å². The summed E-state index contributed by atoms with van der Waals surface area (Å²) in [6, 6.07) is 0. The number of hydrogen-bond donors (Lipinski definition) is 4. The second-order valence-corrected chi connectivity index (χ2v) is 13.2. The van der Waals surface area contributed by atoms with Crippen molar-refractivity contribution in [1.82, 2.24) is 39.0 Å². The van der Waals surface area contributed by atoms with Crippen molar-refractivity contribution in [2.24, 2.45) is 0 Å². The predicted molar refractivity (Wildman–Crippen MR) is 144 cm³/mol. The number of aliphatic hydroxyl groups is 1. The van der Waals surface area contributed by atoms with Crippen LogP contribution < -0.4 is 11.5 Å². The van der Waals surface area contributed by atoms with Crippen LogP contribution in [0.5, 0.6) is 0 Å². The Morgan fingerprint density at radius 3 is 2.19 bits per heavy atom. The quantitative estimate of drug-likeness (QED) is 0.188. The monoisotopic (exact) mass is 644 g/mol. The molecule has 7 rings (SSSR count). The molecular weight excluding hydrogens is 618 g/mol. The summed E-state index contributed by atoms with van der Waals surface area (Å²) < 4.78 is 65.8. The third-order valence-corrected chi connectivity index (χ3v) is 9.40. The van der Waals surface area contributed by atoms with Crippen LogP contribution in [0.25, 0.3) is 22.3 Å². The standard InChI is InChI=1S/C21H26FN10O9PS/c1-42(34)36-2-8-10(22)15(21(38-8)32-7-30-12-17(24)26-5-28-19(12)32)41-43(35)37-3-9-14(40-42)13(33)20(39-9)31-6-29-11-16(23)25-4-27-18(11)31/h4-10,13-15,20-21,33-34,42H,2-3H2,1H3,(H2,23,25,27)(H2,24,26,28)/t8-,9-,10+,13-,14-,15-,20-,21-,43?/m1/s1. The Labute approximate surface area is 243 Å². The number of fused-ring (bicyclic) bond motifs is 5. The summed E-state index contributed by atoms with van der Waals surface area (Å²) >= 11 is -2.54. The van der Waals surface area contributed by atoms with Gasteiger partial charge in [-0.3, -0.25) is 0 Å². The van der Waals surface area contributed by atoms with Gasteiger partial charge in [-0.05, 0) is 0 Å². The van der Waals surface area contributed by atoms with Crippen LogP contribution in [0.3, 0.4) is 0 Å². The van der Waals surface area contributed by atoms with E-state index >= 15 is 4.39 Å². The van der Waals surface area contributed by atoms with E-state index in [9.17, 15) is 14.2 Å². The molecule has 0 aliphatic carbocycles. The Kier molecular flexibility index (Phi) is 7.20. The van der Waals surface area contributed by atoms with Gasteiger partial charge in [0.2, 0.25) is 0 Å². The summed E-state index contributed by atoms with van der Waals surface area (Å²) in [4.78, 5) is 35.6. The molecule has 0 amide bonds. The molecule has 2 bridgehead atoms. The number of aliphatic hydroxyl groups excluding tert-OH is 1. The number of imidazole rings is 2. The second kappa shape index (κ2) is 10.8. The fourth-order valence-electron chi connectivity index (χ4n) is 5.26. The zero-order valence-electron chi connectivity index (χ0n) is 22.1. The summed E-state index contributed by atoms with van der Waals surface area (Å²) in [6.45, 7) is 0.351. The molecule has 7 heterocycles. The average molecular weight is 645 g/mol. The van der Waals surface area contributed by atoms with Crippen LogP contribution in [0.4, 0.5) is 16.0 Å². The van der Waals surface area contributed by atoms with E-state index in [4.69, 9.17) is 38.4 Å². The molecule has 4 aromatic heterocycles. The van der Waals surface area contributed by atoms with Gasteiger partial charge in [0.25, 0.3) is 0 Å². The minimum absolute atomic E-state index is 0.0929. The van der Waals surface area contributed by atoms with Crippen molar-refractivity contribution in [2.75, 3.05) is 31.3 Å². The number of aromatic nitrogens is 8. The summed E-state index contributed by atoms with van der Waals surface area (Å²) in [7, 11) is -4.10. The zero-order chi connectivity index (χ0) is 30.0. The average Bonchev–Trinajstić information content (AvgIpc) is 3.73. The third kappa shape index (κ3) is 5.00.